The zero-order chi connectivity index (χ0) is 10.7. The first kappa shape index (κ1) is 14.2. The molecule has 76 valence electrons. The normalized spacial score (nSPS) is 7.38. The van der Waals surface area contributed by atoms with Crippen LogP contribution in [0.25, 0.3) is 0 Å². The number of phenols is 2. The molecule has 0 atom stereocenters. The summed E-state index contributed by atoms with van der Waals surface area (Å²) >= 11 is 0. The van der Waals surface area contributed by atoms with Gasteiger partial charge in [0.2, 0.25) is 0 Å². The molecular weight excluding hydrogens is 174 g/mol. The second-order valence-corrected chi connectivity index (χ2v) is 1.80. The molecule has 0 fully saturated rings. The molecule has 0 amide bonds. The number of hydrogen-bond acceptors (Lipinski definition) is 5. The minimum atomic E-state index is -0.0764. The number of aliphatic hydroxyl groups excluding tert-OH is 1. The van der Waals surface area contributed by atoms with Crippen molar-refractivity contribution in [3.05, 3.63) is 24.3 Å². The predicted molar refractivity (Wildman–Crippen MR) is 48.5 cm³/mol. The van der Waals surface area contributed by atoms with Gasteiger partial charge in [-0.2, -0.15) is 0 Å². The molecule has 0 aliphatic heterocycles. The predicted octanol–water partition coefficient (Wildman–Crippen LogP) is 0.431. The smallest absolute Gasteiger partial charge is 0.157 e. The largest absolute Gasteiger partial charge is 0.504 e. The average molecular weight is 189 g/mol. The first-order valence-electron chi connectivity index (χ1n) is 3.56. The van der Waals surface area contributed by atoms with Gasteiger partial charge >= 0.3 is 0 Å². The highest BCUT2D eigenvalue weighted by Gasteiger charge is 1.90. The van der Waals surface area contributed by atoms with E-state index in [1.165, 1.54) is 12.1 Å². The molecular formula is C8H15NO4. The maximum absolute atomic E-state index is 8.67. The highest BCUT2D eigenvalue weighted by Crippen LogP contribution is 2.21. The molecule has 0 aliphatic carbocycles. The maximum Gasteiger partial charge on any atom is 0.157 e. The summed E-state index contributed by atoms with van der Waals surface area (Å²) in [6.07, 6.45) is 0. The summed E-state index contributed by atoms with van der Waals surface area (Å²) in [6.45, 7) is 1.93. The van der Waals surface area contributed by atoms with Crippen molar-refractivity contribution in [1.82, 2.24) is 0 Å². The molecule has 1 aromatic rings. The van der Waals surface area contributed by atoms with Crippen molar-refractivity contribution < 1.29 is 20.5 Å². The number of phenolic OH excluding ortho intramolecular Hbond substituents is 2. The van der Waals surface area contributed by atoms with Crippen molar-refractivity contribution in [3.8, 4) is 11.5 Å². The minimum absolute atomic E-state index is 0.0764. The fourth-order valence-corrected chi connectivity index (χ4v) is 0.464. The van der Waals surface area contributed by atoms with Crippen LogP contribution in [0.2, 0.25) is 0 Å². The fraction of sp³-hybridized carbons (Fsp3) is 0.250. The Hall–Kier alpha value is -1.30. The topological polar surface area (TPSA) is 107 Å². The molecule has 0 bridgehead atoms. The Morgan fingerprint density at radius 2 is 1.31 bits per heavy atom. The lowest BCUT2D eigenvalue weighted by atomic mass is 10.3. The van der Waals surface area contributed by atoms with Crippen LogP contribution in [0, 0.1) is 0 Å². The van der Waals surface area contributed by atoms with Gasteiger partial charge in [-0.3, -0.25) is 0 Å². The van der Waals surface area contributed by atoms with Gasteiger partial charge in [0.25, 0.3) is 0 Å². The number of benzene rings is 1. The first-order chi connectivity index (χ1) is 6.22. The van der Waals surface area contributed by atoms with Crippen LogP contribution in [0.1, 0.15) is 6.92 Å². The van der Waals surface area contributed by atoms with E-state index in [0.717, 1.165) is 0 Å². The van der Waals surface area contributed by atoms with Gasteiger partial charge in [0.1, 0.15) is 0 Å². The summed E-state index contributed by atoms with van der Waals surface area (Å²) in [7, 11) is 0. The molecule has 0 spiro atoms. The van der Waals surface area contributed by atoms with Crippen molar-refractivity contribution >= 4 is 0 Å². The molecule has 1 rings (SSSR count). The Balaban J connectivity index is 0. The number of aromatic hydroxyl groups is 2. The number of para-hydroxylation sites is 2. The van der Waals surface area contributed by atoms with E-state index in [1.807, 2.05) is 0 Å². The van der Waals surface area contributed by atoms with Crippen molar-refractivity contribution in [1.29, 1.82) is 0 Å². The number of nitrogens with two attached hydrogens (primary N) is 1. The standard InChI is InChI=1S/C6H6O2.C2H6O.H3NO/c7-5-3-1-2-4-6(5)8;1-2-3;1-2/h1-4,7-8H;3H,2H2,1H3;2H,1H2. The zero-order valence-electron chi connectivity index (χ0n) is 7.38. The highest BCUT2D eigenvalue weighted by molar-refractivity contribution is 5.36. The van der Waals surface area contributed by atoms with Gasteiger partial charge in [0.05, 0.1) is 0 Å². The number of rotatable bonds is 0. The summed E-state index contributed by atoms with van der Waals surface area (Å²) < 4.78 is 0. The van der Waals surface area contributed by atoms with Gasteiger partial charge in [-0.1, -0.05) is 12.1 Å². The number of aliphatic hydroxyl groups is 1. The SMILES string of the molecule is CCO.NO.Oc1ccccc1O. The zero-order valence-corrected chi connectivity index (χ0v) is 7.38. The van der Waals surface area contributed by atoms with Crippen molar-refractivity contribution in [2.45, 2.75) is 6.92 Å². The first-order valence-corrected chi connectivity index (χ1v) is 3.56. The van der Waals surface area contributed by atoms with E-state index < -0.39 is 0 Å². The Morgan fingerprint density at radius 1 is 1.08 bits per heavy atom. The fourth-order valence-electron chi connectivity index (χ4n) is 0.464. The summed E-state index contributed by atoms with van der Waals surface area (Å²) in [5.41, 5.74) is 0. The van der Waals surface area contributed by atoms with Crippen LogP contribution in [-0.2, 0) is 0 Å². The van der Waals surface area contributed by atoms with Gasteiger partial charge in [-0.15, -0.1) is 0 Å². The second kappa shape index (κ2) is 10.7. The summed E-state index contributed by atoms with van der Waals surface area (Å²) in [4.78, 5) is 0. The second-order valence-electron chi connectivity index (χ2n) is 1.80. The van der Waals surface area contributed by atoms with Gasteiger partial charge < -0.3 is 20.5 Å². The Kier molecular flexibility index (Phi) is 11.7. The lowest BCUT2D eigenvalue weighted by Crippen LogP contribution is -1.72. The third-order valence-corrected chi connectivity index (χ3v) is 0.882. The molecule has 6 N–H and O–H groups in total. The van der Waals surface area contributed by atoms with Gasteiger partial charge in [0, 0.05) is 6.61 Å². The molecule has 13 heavy (non-hydrogen) atoms. The average Bonchev–Trinajstić information content (AvgIpc) is 2.15. The maximum atomic E-state index is 8.67. The van der Waals surface area contributed by atoms with E-state index in [0.29, 0.717) is 0 Å². The molecule has 5 nitrogen and oxygen atoms in total. The molecule has 0 unspecified atom stereocenters. The Morgan fingerprint density at radius 3 is 1.46 bits per heavy atom. The molecule has 1 aromatic carbocycles. The summed E-state index contributed by atoms with van der Waals surface area (Å²) in [6, 6.07) is 6.15. The molecule has 0 saturated carbocycles. The van der Waals surface area contributed by atoms with Gasteiger partial charge in [0.15, 0.2) is 11.5 Å². The van der Waals surface area contributed by atoms with E-state index >= 15 is 0 Å². The van der Waals surface area contributed by atoms with E-state index in [9.17, 15) is 0 Å². The molecule has 0 radical (unpaired) electrons. The summed E-state index contributed by atoms with van der Waals surface area (Å²) in [5, 5.41) is 31.4. The number of hydrogen-bond donors (Lipinski definition) is 5. The third-order valence-electron chi connectivity index (χ3n) is 0.882. The van der Waals surface area contributed by atoms with E-state index in [4.69, 9.17) is 20.5 Å². The van der Waals surface area contributed by atoms with Gasteiger partial charge in [-0.25, -0.2) is 5.90 Å². The Bertz CT molecular complexity index is 184. The molecule has 0 aromatic heterocycles. The molecule has 0 heterocycles. The molecule has 0 aliphatic rings. The van der Waals surface area contributed by atoms with Crippen molar-refractivity contribution in [2.75, 3.05) is 6.61 Å². The van der Waals surface area contributed by atoms with Crippen molar-refractivity contribution in [2.24, 2.45) is 5.90 Å². The third kappa shape index (κ3) is 8.61. The lowest BCUT2D eigenvalue weighted by Gasteiger charge is -1.91. The van der Waals surface area contributed by atoms with Crippen molar-refractivity contribution in [3.63, 3.8) is 0 Å². The summed E-state index contributed by atoms with van der Waals surface area (Å²) in [5.74, 6) is 3.35. The van der Waals surface area contributed by atoms with Crippen LogP contribution in [-0.4, -0.2) is 27.1 Å². The Labute approximate surface area is 76.6 Å². The van der Waals surface area contributed by atoms with Gasteiger partial charge in [-0.05, 0) is 19.1 Å². The van der Waals surface area contributed by atoms with Crippen LogP contribution < -0.4 is 5.90 Å². The highest BCUT2D eigenvalue weighted by atomic mass is 16.4. The lowest BCUT2D eigenvalue weighted by molar-refractivity contribution is 0.311. The van der Waals surface area contributed by atoms with Crippen LogP contribution in [0.15, 0.2) is 24.3 Å². The van der Waals surface area contributed by atoms with Crippen LogP contribution in [0.3, 0.4) is 0 Å². The van der Waals surface area contributed by atoms with E-state index in [1.54, 1.807) is 19.1 Å². The van der Waals surface area contributed by atoms with Crippen LogP contribution >= 0.6 is 0 Å². The minimum Gasteiger partial charge on any atom is -0.504 e. The van der Waals surface area contributed by atoms with E-state index in [-0.39, 0.29) is 18.1 Å². The quantitative estimate of drug-likeness (QED) is 0.300. The van der Waals surface area contributed by atoms with E-state index in [2.05, 4.69) is 5.90 Å². The van der Waals surface area contributed by atoms with Crippen LogP contribution in [0.4, 0.5) is 0 Å². The monoisotopic (exact) mass is 189 g/mol. The molecule has 0 saturated heterocycles. The molecule has 5 heteroatoms. The van der Waals surface area contributed by atoms with Crippen LogP contribution in [0.5, 0.6) is 11.5 Å².